The van der Waals surface area contributed by atoms with E-state index in [4.69, 9.17) is 11.5 Å². The molecule has 2 aromatic heterocycles. The van der Waals surface area contributed by atoms with E-state index in [1.54, 1.807) is 61.4 Å². The van der Waals surface area contributed by atoms with Crippen LogP contribution in [0.5, 0.6) is 0 Å². The van der Waals surface area contributed by atoms with E-state index in [0.717, 1.165) is 41.8 Å². The fourth-order valence-corrected chi connectivity index (χ4v) is 5.63. The molecule has 4 rings (SSSR count). The Labute approximate surface area is 274 Å². The van der Waals surface area contributed by atoms with Crippen molar-refractivity contribution in [2.24, 2.45) is 23.3 Å². The molecule has 0 bridgehead atoms. The van der Waals surface area contributed by atoms with E-state index in [1.807, 2.05) is 27.7 Å². The van der Waals surface area contributed by atoms with Crippen LogP contribution in [0.2, 0.25) is 0 Å². The van der Waals surface area contributed by atoms with Crippen molar-refractivity contribution in [3.8, 4) is 22.5 Å². The largest absolute Gasteiger partial charge is 0.366 e. The smallest absolute Gasteiger partial charge is 0.249 e. The molecule has 47 heavy (non-hydrogen) atoms. The maximum atomic E-state index is 13.7. The Kier molecular flexibility index (Phi) is 11.9. The first-order valence-electron chi connectivity index (χ1n) is 15.9. The van der Waals surface area contributed by atoms with Gasteiger partial charge in [0.15, 0.2) is 11.6 Å². The number of benzene rings is 2. The molecular weight excluding hydrogens is 596 g/mol. The van der Waals surface area contributed by atoms with Crippen LogP contribution in [-0.2, 0) is 0 Å². The number of H-pyrrole nitrogens is 2. The number of primary amides is 2. The lowest BCUT2D eigenvalue weighted by Gasteiger charge is -2.23. The first kappa shape index (κ1) is 34.9. The number of nitrogens with one attached hydrogen (secondary N) is 4. The zero-order chi connectivity index (χ0) is 34.1. The number of carbonyl (C=O) groups excluding carboxylic acids is 4. The standard InChI is InChI=1S/C35H44N8O4/c1-20(2)30(32(44)26-14-22(28-16-38-18-42-28)8-10-24(26)34(36)46)40-12-6-5-7-13-41-31(21(3)4)33(45)27-15-23(29-17-39-19-43-29)9-11-25(27)35(37)47/h8-11,14-21,30-31,40-41H,5-7,12-13H2,1-4H3,(H2,36,46)(H2,37,47)(H,38,42)(H,39,43). The van der Waals surface area contributed by atoms with Gasteiger partial charge in [-0.1, -0.05) is 46.2 Å². The second-order valence-electron chi connectivity index (χ2n) is 12.3. The summed E-state index contributed by atoms with van der Waals surface area (Å²) in [6.45, 7) is 9.02. The number of hydrogen-bond donors (Lipinski definition) is 6. The van der Waals surface area contributed by atoms with Gasteiger partial charge in [0.1, 0.15) is 0 Å². The third kappa shape index (κ3) is 8.66. The van der Waals surface area contributed by atoms with Gasteiger partial charge in [-0.25, -0.2) is 9.97 Å². The van der Waals surface area contributed by atoms with Crippen LogP contribution < -0.4 is 22.1 Å². The third-order valence-corrected chi connectivity index (χ3v) is 8.20. The number of ketones is 2. The van der Waals surface area contributed by atoms with Crippen LogP contribution in [0.1, 0.15) is 88.4 Å². The van der Waals surface area contributed by atoms with Gasteiger partial charge in [0.2, 0.25) is 11.8 Å². The van der Waals surface area contributed by atoms with Crippen LogP contribution in [0, 0.1) is 11.8 Å². The van der Waals surface area contributed by atoms with Crippen molar-refractivity contribution in [3.63, 3.8) is 0 Å². The first-order valence-corrected chi connectivity index (χ1v) is 15.9. The fourth-order valence-electron chi connectivity index (χ4n) is 5.63. The molecule has 2 amide bonds. The summed E-state index contributed by atoms with van der Waals surface area (Å²) in [6.07, 6.45) is 8.85. The highest BCUT2D eigenvalue weighted by atomic mass is 16.2. The highest BCUT2D eigenvalue weighted by Gasteiger charge is 2.28. The Hall–Kier alpha value is -4.94. The minimum Gasteiger partial charge on any atom is -0.366 e. The van der Waals surface area contributed by atoms with Gasteiger partial charge in [-0.05, 0) is 62.0 Å². The summed E-state index contributed by atoms with van der Waals surface area (Å²) in [5.74, 6) is -1.77. The highest BCUT2D eigenvalue weighted by molar-refractivity contribution is 6.11. The summed E-state index contributed by atoms with van der Waals surface area (Å²) in [7, 11) is 0. The Morgan fingerprint density at radius 2 is 1.04 bits per heavy atom. The number of nitrogens with zero attached hydrogens (tertiary/aromatic N) is 2. The molecule has 0 radical (unpaired) electrons. The van der Waals surface area contributed by atoms with E-state index in [2.05, 4.69) is 30.6 Å². The summed E-state index contributed by atoms with van der Waals surface area (Å²) in [5.41, 5.74) is 15.1. The molecule has 0 fully saturated rings. The molecule has 0 aliphatic carbocycles. The zero-order valence-electron chi connectivity index (χ0n) is 27.3. The molecule has 0 aliphatic heterocycles. The number of hydrogen-bond acceptors (Lipinski definition) is 8. The second kappa shape index (κ2) is 16.1. The molecule has 248 valence electrons. The van der Waals surface area contributed by atoms with Gasteiger partial charge in [0, 0.05) is 33.4 Å². The normalized spacial score (nSPS) is 12.7. The number of unbranched alkanes of at least 4 members (excludes halogenated alkanes) is 2. The predicted octanol–water partition coefficient (Wildman–Crippen LogP) is 4.13. The van der Waals surface area contributed by atoms with Crippen molar-refractivity contribution in [2.75, 3.05) is 13.1 Å². The van der Waals surface area contributed by atoms with E-state index in [1.165, 1.54) is 0 Å². The Morgan fingerprint density at radius 1 is 0.638 bits per heavy atom. The Bertz CT molecular complexity index is 1560. The van der Waals surface area contributed by atoms with Crippen molar-refractivity contribution in [1.82, 2.24) is 30.6 Å². The molecule has 2 unspecified atom stereocenters. The molecule has 12 nitrogen and oxygen atoms in total. The lowest BCUT2D eigenvalue weighted by atomic mass is 9.90. The van der Waals surface area contributed by atoms with Gasteiger partial charge < -0.3 is 32.1 Å². The molecule has 0 aliphatic rings. The number of rotatable bonds is 18. The van der Waals surface area contributed by atoms with E-state index in [-0.39, 0.29) is 45.7 Å². The molecule has 2 heterocycles. The minimum atomic E-state index is -0.658. The average molecular weight is 641 g/mol. The monoisotopic (exact) mass is 640 g/mol. The number of carbonyl (C=O) groups is 4. The molecule has 2 aromatic carbocycles. The van der Waals surface area contributed by atoms with Gasteiger partial charge in [-0.2, -0.15) is 0 Å². The number of Topliss-reactive ketones (excluding diaryl/α,β-unsaturated/α-hetero) is 2. The molecular formula is C35H44N8O4. The number of aromatic amines is 2. The quantitative estimate of drug-likeness (QED) is 0.0688. The fraction of sp³-hybridized carbons (Fsp3) is 0.371. The minimum absolute atomic E-state index is 0.0319. The Morgan fingerprint density at radius 3 is 1.36 bits per heavy atom. The molecule has 12 heteroatoms. The number of aromatic nitrogens is 4. The number of nitrogens with two attached hydrogens (primary N) is 2. The van der Waals surface area contributed by atoms with Gasteiger partial charge in [0.05, 0.1) is 48.5 Å². The van der Waals surface area contributed by atoms with Gasteiger partial charge in [0.25, 0.3) is 0 Å². The number of imidazole rings is 2. The van der Waals surface area contributed by atoms with Crippen LogP contribution in [0.25, 0.3) is 22.5 Å². The van der Waals surface area contributed by atoms with Crippen molar-refractivity contribution >= 4 is 23.4 Å². The number of amides is 2. The van der Waals surface area contributed by atoms with Crippen LogP contribution in [0.15, 0.2) is 61.4 Å². The van der Waals surface area contributed by atoms with Crippen LogP contribution in [0.3, 0.4) is 0 Å². The summed E-state index contributed by atoms with van der Waals surface area (Å²) in [5, 5.41) is 6.76. The van der Waals surface area contributed by atoms with Crippen LogP contribution >= 0.6 is 0 Å². The highest BCUT2D eigenvalue weighted by Crippen LogP contribution is 2.25. The predicted molar refractivity (Wildman–Crippen MR) is 181 cm³/mol. The summed E-state index contributed by atoms with van der Waals surface area (Å²) in [4.78, 5) is 65.9. The lowest BCUT2D eigenvalue weighted by Crippen LogP contribution is -2.42. The van der Waals surface area contributed by atoms with Gasteiger partial charge >= 0.3 is 0 Å². The first-order chi connectivity index (χ1) is 22.5. The van der Waals surface area contributed by atoms with Crippen molar-refractivity contribution in [2.45, 2.75) is 59.0 Å². The maximum Gasteiger partial charge on any atom is 0.249 e. The van der Waals surface area contributed by atoms with Crippen LogP contribution in [0.4, 0.5) is 0 Å². The molecule has 0 saturated heterocycles. The van der Waals surface area contributed by atoms with Crippen molar-refractivity contribution in [1.29, 1.82) is 0 Å². The molecule has 0 saturated carbocycles. The second-order valence-corrected chi connectivity index (χ2v) is 12.3. The zero-order valence-corrected chi connectivity index (χ0v) is 27.3. The van der Waals surface area contributed by atoms with E-state index in [9.17, 15) is 19.2 Å². The molecule has 8 N–H and O–H groups in total. The summed E-state index contributed by atoms with van der Waals surface area (Å²) < 4.78 is 0. The van der Waals surface area contributed by atoms with Crippen LogP contribution in [-0.4, -0.2) is 68.5 Å². The SMILES string of the molecule is CC(C)C(NCCCCCNC(C(=O)c1cc(-c2cnc[nH]2)ccc1C(N)=O)C(C)C)C(=O)c1cc(-c2cnc[nH]2)ccc1C(N)=O. The van der Waals surface area contributed by atoms with Crippen molar-refractivity contribution < 1.29 is 19.2 Å². The van der Waals surface area contributed by atoms with E-state index >= 15 is 0 Å². The lowest BCUT2D eigenvalue weighted by molar-refractivity contribution is 0.0903. The Balaban J connectivity index is 1.33. The van der Waals surface area contributed by atoms with Crippen molar-refractivity contribution in [3.05, 3.63) is 83.7 Å². The van der Waals surface area contributed by atoms with E-state index < -0.39 is 23.9 Å². The molecule has 4 aromatic rings. The summed E-state index contributed by atoms with van der Waals surface area (Å²) >= 11 is 0. The topological polar surface area (TPSA) is 202 Å². The summed E-state index contributed by atoms with van der Waals surface area (Å²) in [6, 6.07) is 8.99. The average Bonchev–Trinajstić information content (AvgIpc) is 3.78. The van der Waals surface area contributed by atoms with Gasteiger partial charge in [-0.3, -0.25) is 19.2 Å². The molecule has 2 atom stereocenters. The third-order valence-electron chi connectivity index (χ3n) is 8.20. The van der Waals surface area contributed by atoms with E-state index in [0.29, 0.717) is 13.1 Å². The maximum absolute atomic E-state index is 13.7. The molecule has 0 spiro atoms. The van der Waals surface area contributed by atoms with Gasteiger partial charge in [-0.15, -0.1) is 0 Å².